The van der Waals surface area contributed by atoms with Crippen LogP contribution in [0.1, 0.15) is 59.3 Å². The van der Waals surface area contributed by atoms with Gasteiger partial charge in [-0.15, -0.1) is 0 Å². The van der Waals surface area contributed by atoms with Gasteiger partial charge in [-0.3, -0.25) is 4.79 Å². The molecule has 0 bridgehead atoms. The molecule has 0 aromatic heterocycles. The largest absolute Gasteiger partial charge is 0.462 e. The molecule has 3 N–H and O–H groups in total. The van der Waals surface area contributed by atoms with Crippen LogP contribution >= 0.6 is 0 Å². The van der Waals surface area contributed by atoms with Crippen LogP contribution in [0, 0.1) is 28.6 Å². The summed E-state index contributed by atoms with van der Waals surface area (Å²) in [4.78, 5) is 11.3. The van der Waals surface area contributed by atoms with E-state index < -0.39 is 18.3 Å². The van der Waals surface area contributed by atoms with Gasteiger partial charge >= 0.3 is 5.97 Å². The van der Waals surface area contributed by atoms with Crippen LogP contribution in [0.4, 0.5) is 0 Å². The molecule has 0 spiro atoms. The summed E-state index contributed by atoms with van der Waals surface area (Å²) < 4.78 is 5.43. The summed E-state index contributed by atoms with van der Waals surface area (Å²) in [5, 5.41) is 32.7. The minimum atomic E-state index is -0.608. The molecule has 5 heteroatoms. The molecule has 0 saturated heterocycles. The molecule has 4 aliphatic rings. The number of ether oxygens (including phenoxy) is 1. The third-order valence-electron chi connectivity index (χ3n) is 8.30. The number of carbonyl (C=O) groups is 1. The maximum atomic E-state index is 11.3. The molecule has 3 saturated carbocycles. The van der Waals surface area contributed by atoms with Gasteiger partial charge in [-0.25, -0.2) is 0 Å². The van der Waals surface area contributed by atoms with E-state index in [-0.39, 0.29) is 40.7 Å². The highest BCUT2D eigenvalue weighted by Gasteiger charge is 2.63. The van der Waals surface area contributed by atoms with E-state index in [9.17, 15) is 20.1 Å². The number of hydrogen-bond acceptors (Lipinski definition) is 5. The van der Waals surface area contributed by atoms with Gasteiger partial charge in [0.1, 0.15) is 6.10 Å². The van der Waals surface area contributed by atoms with Gasteiger partial charge in [0.25, 0.3) is 0 Å². The minimum Gasteiger partial charge on any atom is -0.462 e. The Kier molecular flexibility index (Phi) is 4.29. The van der Waals surface area contributed by atoms with Crippen molar-refractivity contribution in [2.75, 3.05) is 0 Å². The van der Waals surface area contributed by atoms with Crippen LogP contribution in [0.15, 0.2) is 11.6 Å². The predicted molar refractivity (Wildman–Crippen MR) is 96.0 cm³/mol. The normalized spacial score (nSPS) is 53.2. The van der Waals surface area contributed by atoms with Crippen molar-refractivity contribution in [1.82, 2.24) is 0 Å². The van der Waals surface area contributed by atoms with Crippen molar-refractivity contribution >= 4 is 5.97 Å². The molecular formula is C21H32O5. The molecule has 4 rings (SSSR count). The monoisotopic (exact) mass is 364 g/mol. The van der Waals surface area contributed by atoms with Crippen LogP contribution in [-0.2, 0) is 9.53 Å². The van der Waals surface area contributed by atoms with Gasteiger partial charge in [0.05, 0.1) is 18.3 Å². The number of rotatable bonds is 1. The van der Waals surface area contributed by atoms with Crippen molar-refractivity contribution in [3.8, 4) is 0 Å². The van der Waals surface area contributed by atoms with Crippen molar-refractivity contribution in [3.05, 3.63) is 11.6 Å². The molecule has 5 nitrogen and oxygen atoms in total. The molecule has 4 aliphatic carbocycles. The maximum Gasteiger partial charge on any atom is 0.302 e. The van der Waals surface area contributed by atoms with E-state index in [2.05, 4.69) is 13.8 Å². The van der Waals surface area contributed by atoms with Gasteiger partial charge in [-0.05, 0) is 60.7 Å². The first kappa shape index (κ1) is 18.5. The standard InChI is InChI=1S/C21H32O5/c1-11(22)26-13-6-7-20(2)12(8-13)9-15(23)18-14-4-5-17(25)21(14,3)10-16(24)19(18)20/h9,13-19,23-25H,4-8,10H2,1-3H3/t13-,14-,15-,16-,17-,18+,19-,20-,21-/m0/s1. The molecule has 0 unspecified atom stereocenters. The third kappa shape index (κ3) is 2.50. The van der Waals surface area contributed by atoms with E-state index in [1.54, 1.807) is 0 Å². The predicted octanol–water partition coefficient (Wildman–Crippen LogP) is 2.18. The highest BCUT2D eigenvalue weighted by Crippen LogP contribution is 2.64. The third-order valence-corrected chi connectivity index (χ3v) is 8.30. The number of carbonyl (C=O) groups excluding carboxylic acids is 1. The van der Waals surface area contributed by atoms with Gasteiger partial charge in [0, 0.05) is 13.3 Å². The van der Waals surface area contributed by atoms with E-state index in [0.29, 0.717) is 12.8 Å². The topological polar surface area (TPSA) is 87.0 Å². The smallest absolute Gasteiger partial charge is 0.302 e. The van der Waals surface area contributed by atoms with E-state index in [4.69, 9.17) is 4.74 Å². The second-order valence-corrected chi connectivity index (χ2v) is 9.65. The molecule has 3 fully saturated rings. The number of hydrogen-bond donors (Lipinski definition) is 3. The summed E-state index contributed by atoms with van der Waals surface area (Å²) >= 11 is 0. The van der Waals surface area contributed by atoms with E-state index in [0.717, 1.165) is 31.3 Å². The molecule has 0 heterocycles. The molecule has 9 atom stereocenters. The fourth-order valence-corrected chi connectivity index (χ4v) is 7.04. The fourth-order valence-electron chi connectivity index (χ4n) is 7.04. The Hall–Kier alpha value is -0.910. The first-order valence-electron chi connectivity index (χ1n) is 10.1. The number of esters is 1. The summed E-state index contributed by atoms with van der Waals surface area (Å²) in [6.07, 6.45) is 4.88. The Morgan fingerprint density at radius 3 is 2.62 bits per heavy atom. The quantitative estimate of drug-likeness (QED) is 0.490. The second kappa shape index (κ2) is 6.05. The van der Waals surface area contributed by atoms with E-state index >= 15 is 0 Å². The highest BCUT2D eigenvalue weighted by atomic mass is 16.5. The zero-order valence-corrected chi connectivity index (χ0v) is 16.0. The highest BCUT2D eigenvalue weighted by molar-refractivity contribution is 5.66. The molecule has 146 valence electrons. The summed E-state index contributed by atoms with van der Waals surface area (Å²) in [5.41, 5.74) is 0.650. The van der Waals surface area contributed by atoms with Gasteiger partial charge in [-0.2, -0.15) is 0 Å². The van der Waals surface area contributed by atoms with Crippen LogP contribution in [0.2, 0.25) is 0 Å². The van der Waals surface area contributed by atoms with Gasteiger partial charge < -0.3 is 20.1 Å². The Labute approximate surface area is 155 Å². The van der Waals surface area contributed by atoms with Crippen molar-refractivity contribution in [3.63, 3.8) is 0 Å². The second-order valence-electron chi connectivity index (χ2n) is 9.65. The molecule has 26 heavy (non-hydrogen) atoms. The van der Waals surface area contributed by atoms with E-state index in [1.165, 1.54) is 6.92 Å². The van der Waals surface area contributed by atoms with Gasteiger partial charge in [0.15, 0.2) is 0 Å². The fraction of sp³-hybridized carbons (Fsp3) is 0.857. The minimum absolute atomic E-state index is 0.000784. The van der Waals surface area contributed by atoms with Crippen LogP contribution < -0.4 is 0 Å². The first-order chi connectivity index (χ1) is 12.2. The Morgan fingerprint density at radius 1 is 1.19 bits per heavy atom. The van der Waals surface area contributed by atoms with Crippen LogP contribution in [0.3, 0.4) is 0 Å². The van der Waals surface area contributed by atoms with Crippen molar-refractivity contribution in [1.29, 1.82) is 0 Å². The zero-order valence-electron chi connectivity index (χ0n) is 16.0. The molecule has 0 aromatic carbocycles. The molecular weight excluding hydrogens is 332 g/mol. The first-order valence-corrected chi connectivity index (χ1v) is 10.1. The lowest BCUT2D eigenvalue weighted by Crippen LogP contribution is -2.60. The molecule has 0 aromatic rings. The summed E-state index contributed by atoms with van der Waals surface area (Å²) in [6.45, 7) is 5.73. The van der Waals surface area contributed by atoms with Crippen LogP contribution in [0.25, 0.3) is 0 Å². The summed E-state index contributed by atoms with van der Waals surface area (Å²) in [5.74, 6) is -0.0392. The Bertz CT molecular complexity index is 630. The number of fused-ring (bicyclic) bond motifs is 5. The Balaban J connectivity index is 1.69. The van der Waals surface area contributed by atoms with Gasteiger partial charge in [0.2, 0.25) is 0 Å². The number of aliphatic hydroxyl groups is 3. The van der Waals surface area contributed by atoms with Crippen LogP contribution in [0.5, 0.6) is 0 Å². The average molecular weight is 364 g/mol. The summed E-state index contributed by atoms with van der Waals surface area (Å²) in [6, 6.07) is 0. The lowest BCUT2D eigenvalue weighted by Gasteiger charge is -2.60. The summed E-state index contributed by atoms with van der Waals surface area (Å²) in [7, 11) is 0. The molecule has 0 aliphatic heterocycles. The lowest BCUT2D eigenvalue weighted by atomic mass is 9.46. The van der Waals surface area contributed by atoms with Gasteiger partial charge in [-0.1, -0.05) is 25.5 Å². The van der Waals surface area contributed by atoms with Crippen molar-refractivity contribution in [2.45, 2.75) is 83.7 Å². The number of aliphatic hydroxyl groups excluding tert-OH is 3. The van der Waals surface area contributed by atoms with E-state index in [1.807, 2.05) is 6.08 Å². The lowest BCUT2D eigenvalue weighted by molar-refractivity contribution is -0.165. The average Bonchev–Trinajstić information content (AvgIpc) is 2.83. The Morgan fingerprint density at radius 2 is 1.92 bits per heavy atom. The SMILES string of the molecule is CC(=O)O[C@H]1CC[C@@]2(C)C(=C[C@H](O)[C@@H]3[C@@H]2[C@@H](O)C[C@]2(C)[C@@H](O)CC[C@@H]32)C1. The van der Waals surface area contributed by atoms with Crippen molar-refractivity contribution in [2.24, 2.45) is 28.6 Å². The van der Waals surface area contributed by atoms with Crippen molar-refractivity contribution < 1.29 is 24.9 Å². The van der Waals surface area contributed by atoms with Crippen LogP contribution in [-0.4, -0.2) is 45.7 Å². The zero-order chi connectivity index (χ0) is 18.9. The molecule has 0 amide bonds. The maximum absolute atomic E-state index is 11.3. The molecule has 0 radical (unpaired) electrons.